The van der Waals surface area contributed by atoms with Crippen LogP contribution in [0.1, 0.15) is 32.6 Å². The van der Waals surface area contributed by atoms with Crippen LogP contribution < -0.4 is 5.32 Å². The highest BCUT2D eigenvalue weighted by atomic mass is 16.4. The zero-order chi connectivity index (χ0) is 11.0. The first-order chi connectivity index (χ1) is 6.61. The van der Waals surface area contributed by atoms with Gasteiger partial charge in [-0.25, -0.2) is 4.79 Å². The van der Waals surface area contributed by atoms with Gasteiger partial charge >= 0.3 is 5.97 Å². The normalized spacial score (nSPS) is 12.4. The van der Waals surface area contributed by atoms with Gasteiger partial charge in [0.15, 0.2) is 0 Å². The lowest BCUT2D eigenvalue weighted by Gasteiger charge is -2.13. The molecule has 0 aromatic heterocycles. The Labute approximate surface area is 85.2 Å². The van der Waals surface area contributed by atoms with Crippen LogP contribution in [0.5, 0.6) is 0 Å². The van der Waals surface area contributed by atoms with Gasteiger partial charge in [-0.15, -0.1) is 0 Å². The highest BCUT2D eigenvalue weighted by Crippen LogP contribution is 2.11. The molecule has 4 nitrogen and oxygen atoms in total. The number of aliphatic carboxylic acids is 1. The quantitative estimate of drug-likeness (QED) is 0.520. The summed E-state index contributed by atoms with van der Waals surface area (Å²) in [6, 6.07) is 0. The van der Waals surface area contributed by atoms with Crippen LogP contribution >= 0.6 is 0 Å². The van der Waals surface area contributed by atoms with Crippen LogP contribution in [-0.4, -0.2) is 30.4 Å². The summed E-state index contributed by atoms with van der Waals surface area (Å²) in [5, 5.41) is 18.7. The van der Waals surface area contributed by atoms with Gasteiger partial charge in [-0.05, 0) is 38.8 Å². The molecule has 0 aromatic carbocycles. The molecule has 0 radical (unpaired) electrons. The zero-order valence-electron chi connectivity index (χ0n) is 8.97. The molecular formula is C10H20N2O2. The Bertz CT molecular complexity index is 193. The number of carboxylic acids is 1. The van der Waals surface area contributed by atoms with E-state index < -0.39 is 5.97 Å². The van der Waals surface area contributed by atoms with Crippen LogP contribution in [0.4, 0.5) is 0 Å². The van der Waals surface area contributed by atoms with Gasteiger partial charge in [0.1, 0.15) is 5.71 Å². The third-order valence-electron chi connectivity index (χ3n) is 2.37. The van der Waals surface area contributed by atoms with Crippen molar-refractivity contribution < 1.29 is 9.90 Å². The summed E-state index contributed by atoms with van der Waals surface area (Å²) in [6.07, 6.45) is 3.27. The third-order valence-corrected chi connectivity index (χ3v) is 2.37. The van der Waals surface area contributed by atoms with E-state index in [4.69, 9.17) is 10.5 Å². The first kappa shape index (κ1) is 13.1. The Morgan fingerprint density at radius 3 is 2.64 bits per heavy atom. The number of hydrogen-bond acceptors (Lipinski definition) is 3. The van der Waals surface area contributed by atoms with E-state index in [9.17, 15) is 4.79 Å². The molecule has 0 spiro atoms. The van der Waals surface area contributed by atoms with Crippen LogP contribution in [0.15, 0.2) is 0 Å². The van der Waals surface area contributed by atoms with E-state index in [1.54, 1.807) is 0 Å². The maximum absolute atomic E-state index is 10.3. The van der Waals surface area contributed by atoms with Gasteiger partial charge in [0.2, 0.25) is 0 Å². The van der Waals surface area contributed by atoms with Crippen LogP contribution in [0, 0.1) is 11.3 Å². The smallest absolute Gasteiger partial charge is 0.349 e. The Kier molecular flexibility index (Phi) is 7.02. The standard InChI is InChI=1S/C10H20N2O2/c1-3-8(7-12-2)5-4-6-9(11)10(13)14/h8,11-12H,3-7H2,1-2H3,(H,13,14). The molecule has 14 heavy (non-hydrogen) atoms. The highest BCUT2D eigenvalue weighted by Gasteiger charge is 2.09. The second-order valence-electron chi connectivity index (χ2n) is 3.51. The number of hydrogen-bond donors (Lipinski definition) is 3. The monoisotopic (exact) mass is 200 g/mol. The molecule has 3 N–H and O–H groups in total. The molecule has 0 aliphatic rings. The van der Waals surface area contributed by atoms with E-state index in [2.05, 4.69) is 12.2 Å². The molecule has 0 bridgehead atoms. The van der Waals surface area contributed by atoms with Crippen molar-refractivity contribution in [2.45, 2.75) is 32.6 Å². The molecule has 0 heterocycles. The lowest BCUT2D eigenvalue weighted by Crippen LogP contribution is -2.19. The predicted molar refractivity (Wildman–Crippen MR) is 56.9 cm³/mol. The van der Waals surface area contributed by atoms with E-state index >= 15 is 0 Å². The molecule has 0 fully saturated rings. The summed E-state index contributed by atoms with van der Waals surface area (Å²) in [5.74, 6) is -0.492. The maximum Gasteiger partial charge on any atom is 0.349 e. The van der Waals surface area contributed by atoms with Crippen molar-refractivity contribution in [2.75, 3.05) is 13.6 Å². The van der Waals surface area contributed by atoms with Gasteiger partial charge in [-0.1, -0.05) is 13.3 Å². The molecule has 0 saturated heterocycles. The lowest BCUT2D eigenvalue weighted by atomic mass is 9.98. The van der Waals surface area contributed by atoms with Crippen molar-refractivity contribution in [3.05, 3.63) is 0 Å². The van der Waals surface area contributed by atoms with E-state index in [-0.39, 0.29) is 5.71 Å². The molecule has 0 aliphatic carbocycles. The van der Waals surface area contributed by atoms with Crippen molar-refractivity contribution in [3.63, 3.8) is 0 Å². The first-order valence-electron chi connectivity index (χ1n) is 5.07. The van der Waals surface area contributed by atoms with E-state index in [0.717, 1.165) is 25.8 Å². The summed E-state index contributed by atoms with van der Waals surface area (Å²) >= 11 is 0. The zero-order valence-corrected chi connectivity index (χ0v) is 8.97. The van der Waals surface area contributed by atoms with Gasteiger partial charge < -0.3 is 10.4 Å². The predicted octanol–water partition coefficient (Wildman–Crippen LogP) is 1.51. The Morgan fingerprint density at radius 1 is 1.57 bits per heavy atom. The van der Waals surface area contributed by atoms with Crippen LogP contribution in [0.2, 0.25) is 0 Å². The fraction of sp³-hybridized carbons (Fsp3) is 0.800. The SMILES string of the molecule is CCC(CCCC(=N)C(=O)O)CNC. The van der Waals surface area contributed by atoms with Crippen molar-refractivity contribution in [2.24, 2.45) is 5.92 Å². The van der Waals surface area contributed by atoms with Crippen LogP contribution in [-0.2, 0) is 4.79 Å². The van der Waals surface area contributed by atoms with Gasteiger partial charge in [-0.2, -0.15) is 0 Å². The molecular weight excluding hydrogens is 180 g/mol. The minimum Gasteiger partial charge on any atom is -0.477 e. The van der Waals surface area contributed by atoms with Crippen LogP contribution in [0.25, 0.3) is 0 Å². The summed E-state index contributed by atoms with van der Waals surface area (Å²) < 4.78 is 0. The minimum absolute atomic E-state index is 0.177. The number of nitrogens with one attached hydrogen (secondary N) is 2. The average Bonchev–Trinajstić information content (AvgIpc) is 2.16. The molecule has 1 atom stereocenters. The second kappa shape index (κ2) is 7.50. The summed E-state index contributed by atoms with van der Waals surface area (Å²) in [7, 11) is 1.92. The molecule has 0 saturated carbocycles. The second-order valence-corrected chi connectivity index (χ2v) is 3.51. The average molecular weight is 200 g/mol. The third kappa shape index (κ3) is 5.70. The van der Waals surface area contributed by atoms with E-state index in [0.29, 0.717) is 12.3 Å². The van der Waals surface area contributed by atoms with Crippen molar-refractivity contribution in [1.29, 1.82) is 5.41 Å². The van der Waals surface area contributed by atoms with Gasteiger partial charge in [0.25, 0.3) is 0 Å². The maximum atomic E-state index is 10.3. The molecule has 1 unspecified atom stereocenters. The van der Waals surface area contributed by atoms with Crippen molar-refractivity contribution >= 4 is 11.7 Å². The van der Waals surface area contributed by atoms with Gasteiger partial charge in [0, 0.05) is 0 Å². The summed E-state index contributed by atoms with van der Waals surface area (Å²) in [6.45, 7) is 3.10. The fourth-order valence-electron chi connectivity index (χ4n) is 1.41. The van der Waals surface area contributed by atoms with Gasteiger partial charge in [0.05, 0.1) is 0 Å². The Morgan fingerprint density at radius 2 is 2.21 bits per heavy atom. The summed E-state index contributed by atoms with van der Waals surface area (Å²) in [4.78, 5) is 10.3. The Balaban J connectivity index is 3.60. The van der Waals surface area contributed by atoms with E-state index in [1.807, 2.05) is 7.05 Å². The van der Waals surface area contributed by atoms with Gasteiger partial charge in [-0.3, -0.25) is 5.41 Å². The molecule has 0 amide bonds. The largest absolute Gasteiger partial charge is 0.477 e. The lowest BCUT2D eigenvalue weighted by molar-refractivity contribution is -0.129. The minimum atomic E-state index is -1.09. The number of carboxylic acid groups (broad SMARTS) is 1. The molecule has 82 valence electrons. The fourth-order valence-corrected chi connectivity index (χ4v) is 1.41. The number of carbonyl (C=O) groups is 1. The van der Waals surface area contributed by atoms with Crippen molar-refractivity contribution in [1.82, 2.24) is 5.32 Å². The number of rotatable bonds is 8. The van der Waals surface area contributed by atoms with Crippen LogP contribution in [0.3, 0.4) is 0 Å². The van der Waals surface area contributed by atoms with Crippen molar-refractivity contribution in [3.8, 4) is 0 Å². The Hall–Kier alpha value is -0.900. The molecule has 0 aromatic rings. The summed E-state index contributed by atoms with van der Waals surface area (Å²) in [5.41, 5.74) is -0.177. The van der Waals surface area contributed by atoms with E-state index in [1.165, 1.54) is 0 Å². The molecule has 0 aliphatic heterocycles. The first-order valence-corrected chi connectivity index (χ1v) is 5.07. The highest BCUT2D eigenvalue weighted by molar-refractivity contribution is 6.34. The molecule has 4 heteroatoms. The molecule has 0 rings (SSSR count). The topological polar surface area (TPSA) is 73.2 Å².